The Bertz CT molecular complexity index is 375. The quantitative estimate of drug-likeness (QED) is 0.833. The van der Waals surface area contributed by atoms with Crippen molar-refractivity contribution in [3.8, 4) is 0 Å². The van der Waals surface area contributed by atoms with Crippen LogP contribution in [0.5, 0.6) is 0 Å². The van der Waals surface area contributed by atoms with Gasteiger partial charge in [0.1, 0.15) is 0 Å². The van der Waals surface area contributed by atoms with Crippen molar-refractivity contribution in [2.75, 3.05) is 18.5 Å². The topological polar surface area (TPSA) is 32.3 Å². The van der Waals surface area contributed by atoms with E-state index in [1.54, 1.807) is 0 Å². The van der Waals surface area contributed by atoms with Crippen molar-refractivity contribution < 1.29 is 5.11 Å². The molecule has 0 saturated carbocycles. The molecule has 1 rings (SSSR count). The summed E-state index contributed by atoms with van der Waals surface area (Å²) in [5, 5.41) is 12.6. The second-order valence-corrected chi connectivity index (χ2v) is 6.12. The van der Waals surface area contributed by atoms with Gasteiger partial charge in [0.2, 0.25) is 0 Å². The first-order valence-electron chi connectivity index (χ1n) is 6.84. The largest absolute Gasteiger partial charge is 0.396 e. The molecule has 0 saturated heterocycles. The van der Waals surface area contributed by atoms with Gasteiger partial charge in [-0.25, -0.2) is 0 Å². The molecule has 0 radical (unpaired) electrons. The SMILES string of the molecule is CCC(CO)CNc1ccc(C(C)(C)C)cc1C. The lowest BCUT2D eigenvalue weighted by Crippen LogP contribution is -2.18. The van der Waals surface area contributed by atoms with E-state index in [9.17, 15) is 5.11 Å². The molecule has 2 N–H and O–H groups in total. The number of benzene rings is 1. The van der Waals surface area contributed by atoms with E-state index < -0.39 is 0 Å². The van der Waals surface area contributed by atoms with E-state index >= 15 is 0 Å². The van der Waals surface area contributed by atoms with E-state index in [0.29, 0.717) is 5.92 Å². The van der Waals surface area contributed by atoms with Gasteiger partial charge in [0.25, 0.3) is 0 Å². The summed E-state index contributed by atoms with van der Waals surface area (Å²) in [6.45, 7) is 12.0. The highest BCUT2D eigenvalue weighted by atomic mass is 16.3. The van der Waals surface area contributed by atoms with E-state index in [0.717, 1.165) is 13.0 Å². The van der Waals surface area contributed by atoms with Gasteiger partial charge in [-0.15, -0.1) is 0 Å². The zero-order valence-electron chi connectivity index (χ0n) is 12.4. The molecule has 18 heavy (non-hydrogen) atoms. The maximum absolute atomic E-state index is 9.18. The van der Waals surface area contributed by atoms with E-state index in [-0.39, 0.29) is 12.0 Å². The Morgan fingerprint density at radius 2 is 1.94 bits per heavy atom. The molecule has 1 aromatic rings. The lowest BCUT2D eigenvalue weighted by molar-refractivity contribution is 0.230. The molecule has 0 aliphatic carbocycles. The fourth-order valence-electron chi connectivity index (χ4n) is 1.92. The summed E-state index contributed by atoms with van der Waals surface area (Å²) in [6, 6.07) is 6.59. The number of aryl methyl sites for hydroxylation is 1. The third-order valence-corrected chi connectivity index (χ3v) is 3.51. The Morgan fingerprint density at radius 3 is 2.39 bits per heavy atom. The summed E-state index contributed by atoms with van der Waals surface area (Å²) in [4.78, 5) is 0. The number of aliphatic hydroxyl groups excluding tert-OH is 1. The van der Waals surface area contributed by atoms with Crippen molar-refractivity contribution in [2.45, 2.75) is 46.5 Å². The predicted octanol–water partition coefficient (Wildman–Crippen LogP) is 3.72. The fourth-order valence-corrected chi connectivity index (χ4v) is 1.92. The first-order valence-corrected chi connectivity index (χ1v) is 6.84. The average Bonchev–Trinajstić information content (AvgIpc) is 2.30. The van der Waals surface area contributed by atoms with Gasteiger partial charge >= 0.3 is 0 Å². The molecule has 1 aromatic carbocycles. The molecule has 0 spiro atoms. The van der Waals surface area contributed by atoms with Crippen LogP contribution < -0.4 is 5.32 Å². The normalized spacial score (nSPS) is 13.4. The zero-order valence-corrected chi connectivity index (χ0v) is 12.4. The molecule has 1 atom stereocenters. The van der Waals surface area contributed by atoms with Crippen LogP contribution in [0.1, 0.15) is 45.2 Å². The summed E-state index contributed by atoms with van der Waals surface area (Å²) in [6.07, 6.45) is 1.00. The monoisotopic (exact) mass is 249 g/mol. The van der Waals surface area contributed by atoms with E-state index in [4.69, 9.17) is 0 Å². The van der Waals surface area contributed by atoms with Gasteiger partial charge in [0, 0.05) is 18.8 Å². The van der Waals surface area contributed by atoms with Gasteiger partial charge in [-0.05, 0) is 41.9 Å². The number of rotatable bonds is 5. The van der Waals surface area contributed by atoms with Crippen LogP contribution in [-0.2, 0) is 5.41 Å². The summed E-state index contributed by atoms with van der Waals surface area (Å²) in [7, 11) is 0. The van der Waals surface area contributed by atoms with Gasteiger partial charge in [-0.2, -0.15) is 0 Å². The van der Waals surface area contributed by atoms with E-state index in [2.05, 4.69) is 58.1 Å². The summed E-state index contributed by atoms with van der Waals surface area (Å²) < 4.78 is 0. The van der Waals surface area contributed by atoms with Crippen molar-refractivity contribution in [2.24, 2.45) is 5.92 Å². The molecule has 2 nitrogen and oxygen atoms in total. The van der Waals surface area contributed by atoms with Crippen molar-refractivity contribution in [1.82, 2.24) is 0 Å². The van der Waals surface area contributed by atoms with Crippen LogP contribution in [0.2, 0.25) is 0 Å². The van der Waals surface area contributed by atoms with Crippen molar-refractivity contribution in [1.29, 1.82) is 0 Å². The van der Waals surface area contributed by atoms with Gasteiger partial charge in [-0.1, -0.05) is 39.8 Å². The summed E-state index contributed by atoms with van der Waals surface area (Å²) in [5.41, 5.74) is 4.00. The molecule has 2 heteroatoms. The lowest BCUT2D eigenvalue weighted by Gasteiger charge is -2.21. The molecule has 0 fully saturated rings. The fraction of sp³-hybridized carbons (Fsp3) is 0.625. The third-order valence-electron chi connectivity index (χ3n) is 3.51. The van der Waals surface area contributed by atoms with Crippen molar-refractivity contribution >= 4 is 5.69 Å². The number of anilines is 1. The Kier molecular flexibility index (Phi) is 5.21. The summed E-state index contributed by atoms with van der Waals surface area (Å²) >= 11 is 0. The molecular weight excluding hydrogens is 222 g/mol. The van der Waals surface area contributed by atoms with Crippen LogP contribution in [0.25, 0.3) is 0 Å². The first-order chi connectivity index (χ1) is 8.38. The van der Waals surface area contributed by atoms with E-state index in [1.165, 1.54) is 16.8 Å². The zero-order chi connectivity index (χ0) is 13.8. The number of hydrogen-bond donors (Lipinski definition) is 2. The van der Waals surface area contributed by atoms with Crippen LogP contribution in [0.3, 0.4) is 0 Å². The molecule has 0 aromatic heterocycles. The highest BCUT2D eigenvalue weighted by molar-refractivity contribution is 5.53. The second-order valence-electron chi connectivity index (χ2n) is 6.12. The maximum Gasteiger partial charge on any atom is 0.0475 e. The van der Waals surface area contributed by atoms with Crippen LogP contribution in [0.4, 0.5) is 5.69 Å². The Morgan fingerprint density at radius 1 is 1.28 bits per heavy atom. The van der Waals surface area contributed by atoms with Crippen molar-refractivity contribution in [3.05, 3.63) is 29.3 Å². The smallest absolute Gasteiger partial charge is 0.0475 e. The highest BCUT2D eigenvalue weighted by Crippen LogP contribution is 2.26. The Balaban J connectivity index is 2.74. The molecule has 0 heterocycles. The average molecular weight is 249 g/mol. The Hall–Kier alpha value is -1.02. The standard InChI is InChI=1S/C16H27NO/c1-6-13(11-18)10-17-15-8-7-14(9-12(15)2)16(3,4)5/h7-9,13,17-18H,6,10-11H2,1-5H3. The van der Waals surface area contributed by atoms with Gasteiger partial charge in [0.15, 0.2) is 0 Å². The predicted molar refractivity (Wildman–Crippen MR) is 79.2 cm³/mol. The number of nitrogens with one attached hydrogen (secondary N) is 1. The van der Waals surface area contributed by atoms with E-state index in [1.807, 2.05) is 0 Å². The molecular formula is C16H27NO. The molecule has 0 amide bonds. The number of hydrogen-bond acceptors (Lipinski definition) is 2. The molecule has 1 unspecified atom stereocenters. The second kappa shape index (κ2) is 6.24. The highest BCUT2D eigenvalue weighted by Gasteiger charge is 2.14. The Labute approximate surface area is 111 Å². The lowest BCUT2D eigenvalue weighted by atomic mass is 9.86. The molecule has 0 aliphatic rings. The van der Waals surface area contributed by atoms with Crippen molar-refractivity contribution in [3.63, 3.8) is 0 Å². The van der Waals surface area contributed by atoms with Crippen LogP contribution in [0, 0.1) is 12.8 Å². The molecule has 102 valence electrons. The maximum atomic E-state index is 9.18. The number of aliphatic hydroxyl groups is 1. The minimum atomic E-state index is 0.195. The first kappa shape index (κ1) is 15.0. The minimum absolute atomic E-state index is 0.195. The minimum Gasteiger partial charge on any atom is -0.396 e. The molecule has 0 aliphatic heterocycles. The third kappa shape index (κ3) is 4.02. The van der Waals surface area contributed by atoms with Gasteiger partial charge in [-0.3, -0.25) is 0 Å². The van der Waals surface area contributed by atoms with Gasteiger partial charge in [0.05, 0.1) is 0 Å². The van der Waals surface area contributed by atoms with Crippen LogP contribution >= 0.6 is 0 Å². The van der Waals surface area contributed by atoms with Crippen LogP contribution in [0.15, 0.2) is 18.2 Å². The molecule has 0 bridgehead atoms. The van der Waals surface area contributed by atoms with Gasteiger partial charge < -0.3 is 10.4 Å². The van der Waals surface area contributed by atoms with Crippen LogP contribution in [-0.4, -0.2) is 18.3 Å². The summed E-state index contributed by atoms with van der Waals surface area (Å²) in [5.74, 6) is 0.340.